The molecule has 0 N–H and O–H groups in total. The van der Waals surface area contributed by atoms with E-state index in [0.717, 1.165) is 42.3 Å². The van der Waals surface area contributed by atoms with Gasteiger partial charge < -0.3 is 14.7 Å². The molecule has 1 aliphatic rings. The van der Waals surface area contributed by atoms with Gasteiger partial charge in [0.1, 0.15) is 5.69 Å². The highest BCUT2D eigenvalue weighted by atomic mass is 35.5. The molecular weight excluding hydrogens is 414 g/mol. The molecule has 0 saturated carbocycles. The van der Waals surface area contributed by atoms with Crippen LogP contribution >= 0.6 is 11.6 Å². The Labute approximate surface area is 189 Å². The first-order valence-corrected chi connectivity index (χ1v) is 11.2. The first kappa shape index (κ1) is 23.0. The number of nitrogens with zero attached hydrogens (tertiary/aromatic N) is 5. The molecule has 0 aliphatic carbocycles. The lowest BCUT2D eigenvalue weighted by molar-refractivity contribution is -0.131. The largest absolute Gasteiger partial charge is 0.367 e. The van der Waals surface area contributed by atoms with E-state index in [1.165, 1.54) is 6.20 Å². The average Bonchev–Trinajstić information content (AvgIpc) is 2.79. The molecule has 1 fully saturated rings. The fraction of sp³-hybridized carbons (Fsp3) is 0.478. The van der Waals surface area contributed by atoms with E-state index >= 15 is 0 Å². The quantitative estimate of drug-likeness (QED) is 0.625. The summed E-state index contributed by atoms with van der Waals surface area (Å²) < 4.78 is 0. The number of piperazine rings is 1. The van der Waals surface area contributed by atoms with E-state index in [9.17, 15) is 9.59 Å². The number of amides is 2. The molecule has 0 unspecified atom stereocenters. The molecule has 0 spiro atoms. The van der Waals surface area contributed by atoms with Gasteiger partial charge >= 0.3 is 0 Å². The van der Waals surface area contributed by atoms with Crippen LogP contribution < -0.4 is 4.90 Å². The molecule has 166 valence electrons. The second-order valence-electron chi connectivity index (χ2n) is 7.76. The number of para-hydroxylation sites is 1. The number of halogens is 1. The highest BCUT2D eigenvalue weighted by Crippen LogP contribution is 2.26. The number of carbonyl (C=O) groups excluding carboxylic acids is 2. The van der Waals surface area contributed by atoms with Crippen molar-refractivity contribution in [1.82, 2.24) is 19.8 Å². The Morgan fingerprint density at radius 3 is 2.45 bits per heavy atom. The van der Waals surface area contributed by atoms with Crippen molar-refractivity contribution < 1.29 is 9.59 Å². The summed E-state index contributed by atoms with van der Waals surface area (Å²) in [5, 5.41) is 0.728. The van der Waals surface area contributed by atoms with E-state index in [4.69, 9.17) is 11.6 Å². The maximum Gasteiger partial charge on any atom is 0.274 e. The Morgan fingerprint density at radius 2 is 1.81 bits per heavy atom. The first-order valence-electron chi connectivity index (χ1n) is 10.8. The summed E-state index contributed by atoms with van der Waals surface area (Å²) in [4.78, 5) is 39.8. The van der Waals surface area contributed by atoms with Crippen LogP contribution in [0.4, 0.5) is 5.69 Å². The third-order valence-electron chi connectivity index (χ3n) is 5.49. The van der Waals surface area contributed by atoms with Gasteiger partial charge in [0.05, 0.1) is 22.6 Å². The van der Waals surface area contributed by atoms with Crippen LogP contribution in [0.25, 0.3) is 0 Å². The molecule has 0 radical (unpaired) electrons. The van der Waals surface area contributed by atoms with Crippen molar-refractivity contribution in [3.8, 4) is 0 Å². The summed E-state index contributed by atoms with van der Waals surface area (Å²) in [6.07, 6.45) is 5.26. The van der Waals surface area contributed by atoms with Crippen LogP contribution in [0.5, 0.6) is 0 Å². The maximum atomic E-state index is 12.9. The van der Waals surface area contributed by atoms with E-state index in [1.807, 2.05) is 36.1 Å². The molecule has 7 nitrogen and oxygen atoms in total. The summed E-state index contributed by atoms with van der Waals surface area (Å²) >= 11 is 6.30. The number of anilines is 1. The fourth-order valence-electron chi connectivity index (χ4n) is 3.62. The van der Waals surface area contributed by atoms with Crippen molar-refractivity contribution >= 4 is 29.1 Å². The van der Waals surface area contributed by atoms with Crippen molar-refractivity contribution in [2.75, 3.05) is 44.2 Å². The number of hydrogen-bond acceptors (Lipinski definition) is 5. The molecule has 0 bridgehead atoms. The molecule has 2 aromatic rings. The van der Waals surface area contributed by atoms with Crippen LogP contribution in [0.3, 0.4) is 0 Å². The first-order chi connectivity index (χ1) is 15.0. The van der Waals surface area contributed by atoms with Gasteiger partial charge in [0, 0.05) is 51.9 Å². The lowest BCUT2D eigenvalue weighted by atomic mass is 10.2. The SMILES string of the molecule is CCCCN(CCC(=O)N1CCN(c2ccccc2Cl)CC1)C(=O)c1cnc(C)cn1. The summed E-state index contributed by atoms with van der Waals surface area (Å²) in [5.41, 5.74) is 2.09. The van der Waals surface area contributed by atoms with E-state index in [2.05, 4.69) is 21.8 Å². The summed E-state index contributed by atoms with van der Waals surface area (Å²) in [6, 6.07) is 7.78. The number of benzene rings is 1. The van der Waals surface area contributed by atoms with Crippen LogP contribution in [-0.4, -0.2) is 70.9 Å². The number of aromatic nitrogens is 2. The highest BCUT2D eigenvalue weighted by molar-refractivity contribution is 6.33. The zero-order valence-corrected chi connectivity index (χ0v) is 19.0. The topological polar surface area (TPSA) is 69.6 Å². The van der Waals surface area contributed by atoms with Gasteiger partial charge in [-0.05, 0) is 25.5 Å². The maximum absolute atomic E-state index is 12.9. The minimum atomic E-state index is -0.169. The standard InChI is InChI=1S/C23H30ClN5O2/c1-3-4-10-29(23(31)20-17-25-18(2)16-26-20)11-9-22(30)28-14-12-27(13-15-28)21-8-6-5-7-19(21)24/h5-8,16-17H,3-4,9-15H2,1-2H3. The number of carbonyl (C=O) groups is 2. The van der Waals surface area contributed by atoms with Crippen molar-refractivity contribution in [3.63, 3.8) is 0 Å². The van der Waals surface area contributed by atoms with Gasteiger partial charge in [0.25, 0.3) is 5.91 Å². The van der Waals surface area contributed by atoms with Crippen molar-refractivity contribution in [2.45, 2.75) is 33.1 Å². The van der Waals surface area contributed by atoms with E-state index < -0.39 is 0 Å². The van der Waals surface area contributed by atoms with Crippen LogP contribution in [0, 0.1) is 6.92 Å². The summed E-state index contributed by atoms with van der Waals surface area (Å²) in [5.74, 6) is -0.0969. The molecule has 31 heavy (non-hydrogen) atoms. The Kier molecular flexibility index (Phi) is 8.23. The van der Waals surface area contributed by atoms with E-state index in [1.54, 1.807) is 11.1 Å². The Morgan fingerprint density at radius 1 is 1.06 bits per heavy atom. The van der Waals surface area contributed by atoms with Gasteiger partial charge in [-0.2, -0.15) is 0 Å². The van der Waals surface area contributed by atoms with Crippen molar-refractivity contribution in [3.05, 3.63) is 53.1 Å². The zero-order valence-electron chi connectivity index (χ0n) is 18.3. The molecule has 8 heteroatoms. The minimum Gasteiger partial charge on any atom is -0.367 e. The molecule has 0 atom stereocenters. The zero-order chi connectivity index (χ0) is 22.2. The Bertz CT molecular complexity index is 882. The molecule has 1 aromatic carbocycles. The van der Waals surface area contributed by atoms with Gasteiger partial charge in [-0.1, -0.05) is 37.1 Å². The molecular formula is C23H30ClN5O2. The summed E-state index contributed by atoms with van der Waals surface area (Å²) in [7, 11) is 0. The number of unbranched alkanes of at least 4 members (excludes halogenated alkanes) is 1. The molecule has 1 aliphatic heterocycles. The monoisotopic (exact) mass is 443 g/mol. The van der Waals surface area contributed by atoms with Crippen LogP contribution in [0.1, 0.15) is 42.4 Å². The molecule has 1 aromatic heterocycles. The smallest absolute Gasteiger partial charge is 0.274 e. The summed E-state index contributed by atoms with van der Waals surface area (Å²) in [6.45, 7) is 7.70. The number of hydrogen-bond donors (Lipinski definition) is 0. The molecule has 3 rings (SSSR count). The predicted molar refractivity (Wildman–Crippen MR) is 122 cm³/mol. The third-order valence-corrected chi connectivity index (χ3v) is 5.81. The second-order valence-corrected chi connectivity index (χ2v) is 8.17. The van der Waals surface area contributed by atoms with E-state index in [-0.39, 0.29) is 11.8 Å². The normalized spacial score (nSPS) is 13.9. The van der Waals surface area contributed by atoms with Crippen LogP contribution in [0.15, 0.2) is 36.7 Å². The molecule has 2 heterocycles. The fourth-order valence-corrected chi connectivity index (χ4v) is 3.88. The molecule has 1 saturated heterocycles. The predicted octanol–water partition coefficient (Wildman–Crippen LogP) is 3.42. The second kappa shape index (κ2) is 11.1. The van der Waals surface area contributed by atoms with E-state index in [0.29, 0.717) is 38.3 Å². The van der Waals surface area contributed by atoms with Crippen molar-refractivity contribution in [1.29, 1.82) is 0 Å². The van der Waals surface area contributed by atoms with Crippen LogP contribution in [0.2, 0.25) is 5.02 Å². The van der Waals surface area contributed by atoms with Gasteiger partial charge in [-0.25, -0.2) is 4.98 Å². The van der Waals surface area contributed by atoms with Gasteiger partial charge in [-0.3, -0.25) is 14.6 Å². The molecule has 2 amide bonds. The average molecular weight is 444 g/mol. The third kappa shape index (κ3) is 6.17. The number of aryl methyl sites for hydroxylation is 1. The van der Waals surface area contributed by atoms with Crippen molar-refractivity contribution in [2.24, 2.45) is 0 Å². The van der Waals surface area contributed by atoms with Gasteiger partial charge in [-0.15, -0.1) is 0 Å². The Hall–Kier alpha value is -2.67. The van der Waals surface area contributed by atoms with Gasteiger partial charge in [0.15, 0.2) is 0 Å². The Balaban J connectivity index is 1.54. The van der Waals surface area contributed by atoms with Gasteiger partial charge in [0.2, 0.25) is 5.91 Å². The lowest BCUT2D eigenvalue weighted by Gasteiger charge is -2.36. The number of rotatable bonds is 8. The minimum absolute atomic E-state index is 0.0723. The highest BCUT2D eigenvalue weighted by Gasteiger charge is 2.24. The van der Waals surface area contributed by atoms with Crippen LogP contribution in [-0.2, 0) is 4.79 Å². The lowest BCUT2D eigenvalue weighted by Crippen LogP contribution is -2.49.